The third-order valence-electron chi connectivity index (χ3n) is 8.68. The van der Waals surface area contributed by atoms with Crippen molar-refractivity contribution < 1.29 is 24.6 Å². The van der Waals surface area contributed by atoms with Crippen molar-refractivity contribution in [2.24, 2.45) is 40.3 Å². The Kier molecular flexibility index (Phi) is 2.34. The summed E-state index contributed by atoms with van der Waals surface area (Å²) >= 11 is 0. The van der Waals surface area contributed by atoms with Crippen molar-refractivity contribution in [2.45, 2.75) is 89.8 Å². The molecule has 5 nitrogen and oxygen atoms in total. The van der Waals surface area contributed by atoms with Gasteiger partial charge in [0, 0.05) is 26.4 Å². The SMILES string of the molecule is [2H]C1([2H])C2([2H])C([2H])(C)C3(C)C([2H])([2H])C1([C@]([2H])(NC)C(=O)N1[C@H](C#N)C[C@@H]4C[C@@]41C)C([2H])([2H])C(OC)(C2([2H])C)C3([2H])C. The summed E-state index contributed by atoms with van der Waals surface area (Å²) in [7, 11) is 2.11. The van der Waals surface area contributed by atoms with Crippen LogP contribution in [0, 0.1) is 51.7 Å². The molecule has 30 heavy (non-hydrogen) atoms. The van der Waals surface area contributed by atoms with Crippen LogP contribution in [-0.2, 0) is 9.53 Å². The van der Waals surface area contributed by atoms with Crippen LogP contribution in [0.25, 0.3) is 0 Å². The van der Waals surface area contributed by atoms with Crippen molar-refractivity contribution in [3.05, 3.63) is 0 Å². The number of nitrogens with one attached hydrogen (secondary N) is 1. The highest BCUT2D eigenvalue weighted by Crippen LogP contribution is 2.74. The number of nitriles is 1. The van der Waals surface area contributed by atoms with Gasteiger partial charge in [0.1, 0.15) is 6.04 Å². The van der Waals surface area contributed by atoms with Gasteiger partial charge in [0.2, 0.25) is 5.91 Å². The van der Waals surface area contributed by atoms with E-state index in [-0.39, 0.29) is 5.92 Å². The summed E-state index contributed by atoms with van der Waals surface area (Å²) in [5.41, 5.74) is -9.63. The molecule has 1 amide bonds. The maximum atomic E-state index is 14.8. The minimum atomic E-state index is -3.57. The minimum absolute atomic E-state index is 0.0752. The lowest BCUT2D eigenvalue weighted by Crippen LogP contribution is -2.75. The standard InChI is InChI=1S/C25H39N3O2/c1-14-19-10-24(12-22(14,4)16(3)25(13-24,30-7)15(19)2)20(27-6)21(29)28-18(11-26)8-17-9-23(17,28)5/h14-20,27H,8-10,12-13H2,1-7H3/t14?,15?,16?,17-,18+,19?,20-,22?,23+,24?,25?/m1/s1/i10D2,12D2,13D2,14D,15D,16D,19D,20D. The van der Waals surface area contributed by atoms with Crippen LogP contribution in [0.5, 0.6) is 0 Å². The molecular weight excluding hydrogens is 374 g/mol. The van der Waals surface area contributed by atoms with Gasteiger partial charge in [-0.15, -0.1) is 0 Å². The molecule has 7 unspecified atom stereocenters. The number of ether oxygens (including phenoxy) is 1. The summed E-state index contributed by atoms with van der Waals surface area (Å²) in [6, 6.07) is -2.20. The van der Waals surface area contributed by atoms with E-state index in [4.69, 9.17) is 4.74 Å². The molecule has 1 aliphatic heterocycles. The van der Waals surface area contributed by atoms with Gasteiger partial charge in [0.05, 0.1) is 19.1 Å². The van der Waals surface area contributed by atoms with Crippen LogP contribution in [0.15, 0.2) is 0 Å². The fourth-order valence-corrected chi connectivity index (χ4v) is 6.51. The molecule has 1 N–H and O–H groups in total. The Labute approximate surface area is 197 Å². The van der Waals surface area contributed by atoms with Crippen molar-refractivity contribution in [1.29, 1.82) is 5.26 Å². The fourth-order valence-electron chi connectivity index (χ4n) is 6.51. The number of piperidine rings is 1. The molecule has 0 aromatic carbocycles. The molecule has 4 bridgehead atoms. The van der Waals surface area contributed by atoms with Crippen molar-refractivity contribution in [3.8, 4) is 6.07 Å². The van der Waals surface area contributed by atoms with Gasteiger partial charge in [-0.1, -0.05) is 27.7 Å². The normalized spacial score (nSPS) is 77.8. The number of hydrogen-bond donors (Lipinski definition) is 1. The number of carbonyl (C=O) groups excluding carboxylic acids is 1. The first-order valence-corrected chi connectivity index (χ1v) is 10.7. The quantitative estimate of drug-likeness (QED) is 0.749. The highest BCUT2D eigenvalue weighted by atomic mass is 16.5. The lowest BCUT2D eigenvalue weighted by atomic mass is 9.33. The van der Waals surface area contributed by atoms with E-state index in [1.54, 1.807) is 6.92 Å². The topological polar surface area (TPSA) is 65.4 Å². The number of hydrogen-bond acceptors (Lipinski definition) is 4. The van der Waals surface area contributed by atoms with Crippen LogP contribution in [0.1, 0.15) is 81.7 Å². The molecule has 5 aliphatic carbocycles. The van der Waals surface area contributed by atoms with Crippen molar-refractivity contribution in [3.63, 3.8) is 0 Å². The number of nitrogens with zero attached hydrogens (tertiary/aromatic N) is 2. The molecule has 6 rings (SSSR count). The maximum Gasteiger partial charge on any atom is 0.241 e. The summed E-state index contributed by atoms with van der Waals surface area (Å²) in [5.74, 6) is -12.1. The second kappa shape index (κ2) is 6.01. The number of likely N-dealkylation sites (N-methyl/N-ethyl adjacent to an activating group) is 1. The number of amides is 1. The van der Waals surface area contributed by atoms with Gasteiger partial charge >= 0.3 is 0 Å². The van der Waals surface area contributed by atoms with E-state index in [2.05, 4.69) is 5.32 Å². The van der Waals surface area contributed by atoms with Crippen LogP contribution in [0.3, 0.4) is 0 Å². The molecule has 1 heterocycles. The predicted molar refractivity (Wildman–Crippen MR) is 115 cm³/mol. The Morgan fingerprint density at radius 1 is 1.37 bits per heavy atom. The Balaban J connectivity index is 2.00. The van der Waals surface area contributed by atoms with Crippen LogP contribution in [0.2, 0.25) is 0 Å². The lowest BCUT2D eigenvalue weighted by molar-refractivity contribution is -0.298. The minimum Gasteiger partial charge on any atom is -0.378 e. The number of carbonyl (C=O) groups is 1. The van der Waals surface area contributed by atoms with E-state index in [0.29, 0.717) is 12.8 Å². The number of fused-ring (bicyclic) bond motifs is 1. The van der Waals surface area contributed by atoms with E-state index < -0.39 is 82.6 Å². The smallest absolute Gasteiger partial charge is 0.241 e. The Morgan fingerprint density at radius 3 is 2.67 bits per heavy atom. The summed E-state index contributed by atoms with van der Waals surface area (Å²) in [5, 5.41) is 12.4. The van der Waals surface area contributed by atoms with E-state index in [0.717, 1.165) is 46.8 Å². The zero-order valence-corrected chi connectivity index (χ0v) is 18.8. The van der Waals surface area contributed by atoms with Crippen molar-refractivity contribution in [2.75, 3.05) is 14.2 Å². The average Bonchev–Trinajstić information content (AvgIpc) is 3.39. The van der Waals surface area contributed by atoms with Crippen LogP contribution < -0.4 is 5.32 Å². The Bertz CT molecular complexity index is 1250. The molecule has 0 spiro atoms. The van der Waals surface area contributed by atoms with Gasteiger partial charge in [-0.05, 0) is 86.3 Å². The zero-order chi connectivity index (χ0) is 31.8. The zero-order valence-electron chi connectivity index (χ0n) is 29.8. The van der Waals surface area contributed by atoms with Crippen LogP contribution in [-0.4, -0.2) is 48.2 Å². The molecule has 1 saturated heterocycles. The second-order valence-corrected chi connectivity index (χ2v) is 9.82. The van der Waals surface area contributed by atoms with Gasteiger partial charge in [0.25, 0.3) is 0 Å². The van der Waals surface area contributed by atoms with Crippen LogP contribution >= 0.6 is 0 Å². The van der Waals surface area contributed by atoms with Crippen molar-refractivity contribution in [1.82, 2.24) is 10.2 Å². The third kappa shape index (κ3) is 2.13. The van der Waals surface area contributed by atoms with Gasteiger partial charge in [-0.2, -0.15) is 5.26 Å². The molecule has 166 valence electrons. The molecule has 0 radical (unpaired) electrons. The molecular formula is C25H39N3O2. The molecule has 0 aromatic rings. The highest BCUT2D eigenvalue weighted by molar-refractivity contribution is 5.85. The third-order valence-corrected chi connectivity index (χ3v) is 8.68. The van der Waals surface area contributed by atoms with E-state index >= 15 is 0 Å². The molecule has 5 heteroatoms. The first-order chi connectivity index (χ1) is 18.2. The summed E-state index contributed by atoms with van der Waals surface area (Å²) < 4.78 is 112. The number of methoxy groups -OCH3 is 1. The van der Waals surface area contributed by atoms with Crippen LogP contribution in [0.4, 0.5) is 0 Å². The Morgan fingerprint density at radius 2 is 2.07 bits per heavy atom. The first-order valence-electron chi connectivity index (χ1n) is 16.2. The van der Waals surface area contributed by atoms with Crippen molar-refractivity contribution >= 4 is 5.91 Å². The predicted octanol–water partition coefficient (Wildman–Crippen LogP) is 3.59. The van der Waals surface area contributed by atoms with Gasteiger partial charge in [-0.25, -0.2) is 0 Å². The molecule has 5 saturated carbocycles. The average molecular weight is 425 g/mol. The van der Waals surface area contributed by atoms with Gasteiger partial charge < -0.3 is 15.0 Å². The lowest BCUT2D eigenvalue weighted by Gasteiger charge is -2.74. The summed E-state index contributed by atoms with van der Waals surface area (Å²) in [4.78, 5) is 15.9. The second-order valence-electron chi connectivity index (χ2n) is 9.82. The first kappa shape index (κ1) is 11.7. The maximum absolute atomic E-state index is 14.8. The number of rotatable bonds is 4. The Hall–Kier alpha value is -1.12. The van der Waals surface area contributed by atoms with E-state index in [9.17, 15) is 25.1 Å². The van der Waals surface area contributed by atoms with Gasteiger partial charge in [0.15, 0.2) is 0 Å². The van der Waals surface area contributed by atoms with E-state index in [1.807, 2.05) is 6.07 Å². The summed E-state index contributed by atoms with van der Waals surface area (Å²) in [6.45, 7) is 6.15. The molecule has 6 aliphatic rings. The van der Waals surface area contributed by atoms with Gasteiger partial charge in [-0.3, -0.25) is 4.79 Å². The molecule has 6 fully saturated rings. The fraction of sp³-hybridized carbons (Fsp3) is 0.920. The monoisotopic (exact) mass is 424 g/mol. The summed E-state index contributed by atoms with van der Waals surface area (Å²) in [6.07, 6.45) is -9.61. The molecule has 0 aromatic heterocycles. The van der Waals surface area contributed by atoms with E-state index in [1.165, 1.54) is 0 Å². The molecule has 11 atom stereocenters. The highest BCUT2D eigenvalue weighted by Gasteiger charge is 2.74. The number of likely N-dealkylation sites (tertiary alicyclic amines) is 1. The largest absolute Gasteiger partial charge is 0.378 e.